The van der Waals surface area contributed by atoms with Crippen LogP contribution >= 0.6 is 50.1 Å². The van der Waals surface area contributed by atoms with Crippen molar-refractivity contribution >= 4 is 67.4 Å². The third kappa shape index (κ3) is 3.84. The molecule has 0 aromatic heterocycles. The first kappa shape index (κ1) is 14.6. The third-order valence-corrected chi connectivity index (χ3v) is 3.80. The number of nitrogens with two attached hydrogens (primary N) is 1. The quantitative estimate of drug-likeness (QED) is 0.520. The summed E-state index contributed by atoms with van der Waals surface area (Å²) >= 11 is 11.5. The summed E-state index contributed by atoms with van der Waals surface area (Å²) in [5.41, 5.74) is 7.27. The van der Waals surface area contributed by atoms with E-state index in [-0.39, 0.29) is 5.91 Å². The Bertz CT molecular complexity index is 628. The Morgan fingerprint density at radius 3 is 2.63 bits per heavy atom. The Kier molecular flexibility index (Phi) is 4.70. The molecule has 0 fully saturated rings. The van der Waals surface area contributed by atoms with Gasteiger partial charge in [0.1, 0.15) is 0 Å². The molecule has 0 unspecified atom stereocenters. The van der Waals surface area contributed by atoms with Gasteiger partial charge in [-0.1, -0.05) is 27.5 Å². The summed E-state index contributed by atoms with van der Waals surface area (Å²) in [5.74, 6) is -0.254. The molecule has 1 amide bonds. The summed E-state index contributed by atoms with van der Waals surface area (Å²) in [7, 11) is 0. The van der Waals surface area contributed by atoms with E-state index in [2.05, 4.69) is 43.8 Å². The van der Waals surface area contributed by atoms with Gasteiger partial charge in [0.05, 0.1) is 10.7 Å². The van der Waals surface area contributed by atoms with Gasteiger partial charge in [-0.15, -0.1) is 0 Å². The van der Waals surface area contributed by atoms with Crippen LogP contribution in [0.1, 0.15) is 10.4 Å². The highest BCUT2D eigenvalue weighted by molar-refractivity contribution is 14.1. The minimum absolute atomic E-state index is 0.254. The molecule has 0 heterocycles. The van der Waals surface area contributed by atoms with Crippen molar-refractivity contribution in [3.8, 4) is 0 Å². The van der Waals surface area contributed by atoms with E-state index in [9.17, 15) is 4.79 Å². The van der Waals surface area contributed by atoms with E-state index in [1.54, 1.807) is 30.3 Å². The SMILES string of the molecule is Nc1cc(Br)cc(C(=O)Nc2ccc(I)cc2Cl)c1. The Morgan fingerprint density at radius 1 is 1.26 bits per heavy atom. The molecule has 0 aliphatic carbocycles. The largest absolute Gasteiger partial charge is 0.399 e. The predicted molar refractivity (Wildman–Crippen MR) is 90.7 cm³/mol. The second-order valence-corrected chi connectivity index (χ2v) is 6.42. The van der Waals surface area contributed by atoms with Crippen LogP contribution in [0.3, 0.4) is 0 Å². The van der Waals surface area contributed by atoms with Crippen LogP contribution in [0.4, 0.5) is 11.4 Å². The van der Waals surface area contributed by atoms with Crippen LogP contribution in [-0.2, 0) is 0 Å². The summed E-state index contributed by atoms with van der Waals surface area (Å²) < 4.78 is 1.76. The Labute approximate surface area is 137 Å². The zero-order valence-corrected chi connectivity index (χ0v) is 14.1. The molecule has 0 aliphatic rings. The molecule has 2 aromatic carbocycles. The maximum atomic E-state index is 12.1. The highest BCUT2D eigenvalue weighted by Gasteiger charge is 2.10. The fraction of sp³-hybridized carbons (Fsp3) is 0. The molecule has 0 bridgehead atoms. The number of hydrogen-bond acceptors (Lipinski definition) is 2. The van der Waals surface area contributed by atoms with Gasteiger partial charge in [0, 0.05) is 19.3 Å². The zero-order valence-electron chi connectivity index (χ0n) is 9.58. The van der Waals surface area contributed by atoms with E-state index in [0.29, 0.717) is 22.0 Å². The summed E-state index contributed by atoms with van der Waals surface area (Å²) in [4.78, 5) is 12.1. The monoisotopic (exact) mass is 450 g/mol. The lowest BCUT2D eigenvalue weighted by molar-refractivity contribution is 0.102. The first-order chi connectivity index (χ1) is 8.95. The molecule has 6 heteroatoms. The third-order valence-electron chi connectivity index (χ3n) is 2.36. The molecule has 2 aromatic rings. The minimum atomic E-state index is -0.254. The lowest BCUT2D eigenvalue weighted by Crippen LogP contribution is -2.12. The van der Waals surface area contributed by atoms with Crippen molar-refractivity contribution in [2.75, 3.05) is 11.1 Å². The molecule has 98 valence electrons. The van der Waals surface area contributed by atoms with Crippen LogP contribution in [0.5, 0.6) is 0 Å². The number of carbonyl (C=O) groups excluding carboxylic acids is 1. The fourth-order valence-electron chi connectivity index (χ4n) is 1.53. The van der Waals surface area contributed by atoms with E-state index >= 15 is 0 Å². The molecule has 0 saturated heterocycles. The van der Waals surface area contributed by atoms with Crippen molar-refractivity contribution < 1.29 is 4.79 Å². The zero-order chi connectivity index (χ0) is 14.0. The average molecular weight is 451 g/mol. The number of nitrogens with one attached hydrogen (secondary N) is 1. The van der Waals surface area contributed by atoms with Crippen molar-refractivity contribution in [2.45, 2.75) is 0 Å². The number of halogens is 3. The molecule has 0 spiro atoms. The molecular weight excluding hydrogens is 442 g/mol. The highest BCUT2D eigenvalue weighted by atomic mass is 127. The average Bonchev–Trinajstić information content (AvgIpc) is 2.31. The molecule has 0 saturated carbocycles. The number of amides is 1. The summed E-state index contributed by atoms with van der Waals surface area (Å²) in [6.45, 7) is 0. The molecule has 3 nitrogen and oxygen atoms in total. The Balaban J connectivity index is 2.25. The van der Waals surface area contributed by atoms with E-state index in [4.69, 9.17) is 17.3 Å². The Hall–Kier alpha value is -0.790. The van der Waals surface area contributed by atoms with Crippen LogP contribution in [-0.4, -0.2) is 5.91 Å². The number of benzene rings is 2. The molecular formula is C13H9BrClIN2O. The van der Waals surface area contributed by atoms with E-state index in [1.807, 2.05) is 6.07 Å². The van der Waals surface area contributed by atoms with Crippen LogP contribution in [0.2, 0.25) is 5.02 Å². The topological polar surface area (TPSA) is 55.1 Å². The molecule has 3 N–H and O–H groups in total. The van der Waals surface area contributed by atoms with Crippen LogP contribution in [0.15, 0.2) is 40.9 Å². The highest BCUT2D eigenvalue weighted by Crippen LogP contribution is 2.25. The van der Waals surface area contributed by atoms with Crippen LogP contribution in [0.25, 0.3) is 0 Å². The number of carbonyl (C=O) groups is 1. The van der Waals surface area contributed by atoms with E-state index < -0.39 is 0 Å². The van der Waals surface area contributed by atoms with Gasteiger partial charge >= 0.3 is 0 Å². The van der Waals surface area contributed by atoms with Gasteiger partial charge in [-0.05, 0) is 59.0 Å². The van der Waals surface area contributed by atoms with Crippen LogP contribution in [0, 0.1) is 3.57 Å². The normalized spacial score (nSPS) is 10.3. The molecule has 0 atom stereocenters. The van der Waals surface area contributed by atoms with Crippen molar-refractivity contribution in [3.05, 3.63) is 55.0 Å². The lowest BCUT2D eigenvalue weighted by atomic mass is 10.2. The summed E-state index contributed by atoms with van der Waals surface area (Å²) in [6.07, 6.45) is 0. The molecule has 0 radical (unpaired) electrons. The molecule has 19 heavy (non-hydrogen) atoms. The van der Waals surface area contributed by atoms with Gasteiger partial charge in [-0.3, -0.25) is 4.79 Å². The first-order valence-corrected chi connectivity index (χ1v) is 7.53. The lowest BCUT2D eigenvalue weighted by Gasteiger charge is -2.08. The standard InChI is InChI=1S/C13H9BrClIN2O/c14-8-3-7(4-10(17)5-8)13(19)18-12-2-1-9(16)6-11(12)15/h1-6H,17H2,(H,18,19). The van der Waals surface area contributed by atoms with Gasteiger partial charge in [0.15, 0.2) is 0 Å². The first-order valence-electron chi connectivity index (χ1n) is 5.28. The maximum Gasteiger partial charge on any atom is 0.255 e. The predicted octanol–water partition coefficient (Wildman–Crippen LogP) is 4.54. The number of nitrogen functional groups attached to an aromatic ring is 1. The van der Waals surface area contributed by atoms with Crippen molar-refractivity contribution in [1.82, 2.24) is 0 Å². The van der Waals surface area contributed by atoms with Crippen molar-refractivity contribution in [1.29, 1.82) is 0 Å². The summed E-state index contributed by atoms with van der Waals surface area (Å²) in [5, 5.41) is 3.26. The molecule has 0 aliphatic heterocycles. The smallest absolute Gasteiger partial charge is 0.255 e. The van der Waals surface area contributed by atoms with Crippen molar-refractivity contribution in [3.63, 3.8) is 0 Å². The second kappa shape index (κ2) is 6.11. The minimum Gasteiger partial charge on any atom is -0.399 e. The summed E-state index contributed by atoms with van der Waals surface area (Å²) in [6, 6.07) is 10.5. The number of hydrogen-bond donors (Lipinski definition) is 2. The van der Waals surface area contributed by atoms with Gasteiger partial charge < -0.3 is 11.1 Å². The van der Waals surface area contributed by atoms with Gasteiger partial charge in [-0.25, -0.2) is 0 Å². The van der Waals surface area contributed by atoms with Gasteiger partial charge in [0.2, 0.25) is 0 Å². The van der Waals surface area contributed by atoms with Crippen LogP contribution < -0.4 is 11.1 Å². The Morgan fingerprint density at radius 2 is 2.00 bits per heavy atom. The van der Waals surface area contributed by atoms with Crippen molar-refractivity contribution in [2.24, 2.45) is 0 Å². The fourth-order valence-corrected chi connectivity index (χ4v) is 2.94. The van der Waals surface area contributed by atoms with Gasteiger partial charge in [0.25, 0.3) is 5.91 Å². The van der Waals surface area contributed by atoms with E-state index in [0.717, 1.165) is 8.04 Å². The number of rotatable bonds is 2. The second-order valence-electron chi connectivity index (χ2n) is 3.85. The van der Waals surface area contributed by atoms with E-state index in [1.165, 1.54) is 0 Å². The maximum absolute atomic E-state index is 12.1. The molecule has 2 rings (SSSR count). The number of anilines is 2. The van der Waals surface area contributed by atoms with Gasteiger partial charge in [-0.2, -0.15) is 0 Å².